The van der Waals surface area contributed by atoms with Gasteiger partial charge in [-0.15, -0.1) is 0 Å². The highest BCUT2D eigenvalue weighted by Crippen LogP contribution is 2.75. The van der Waals surface area contributed by atoms with E-state index in [-0.39, 0.29) is 58.5 Å². The Hall–Kier alpha value is -1.64. The number of carbonyl (C=O) groups excluding carboxylic acids is 1. The number of halogens is 6. The summed E-state index contributed by atoms with van der Waals surface area (Å²) in [6, 6.07) is 7.78. The number of methoxy groups -OCH3 is 1. The monoisotopic (exact) mass is 577 g/mol. The number of amides is 1. The fraction of sp³-hybridized carbons (Fsp3) is 0.458. The number of ether oxygens (including phenoxy) is 2. The molecule has 2 unspecified atom stereocenters. The Bertz CT molecular complexity index is 1170. The molecule has 34 heavy (non-hydrogen) atoms. The predicted octanol–water partition coefficient (Wildman–Crippen LogP) is 7.39. The Morgan fingerprint density at radius 1 is 1.03 bits per heavy atom. The highest BCUT2D eigenvalue weighted by molar-refractivity contribution is 9.10. The van der Waals surface area contributed by atoms with Crippen LogP contribution >= 0.6 is 39.1 Å². The maximum atomic E-state index is 15.3. The van der Waals surface area contributed by atoms with Crippen molar-refractivity contribution < 1.29 is 27.4 Å². The molecule has 0 radical (unpaired) electrons. The summed E-state index contributed by atoms with van der Waals surface area (Å²) in [4.78, 5) is 13.3. The molecule has 0 heterocycles. The van der Waals surface area contributed by atoms with Crippen LogP contribution in [0.15, 0.2) is 34.8 Å². The van der Waals surface area contributed by atoms with Crippen molar-refractivity contribution in [2.75, 3.05) is 7.11 Å². The van der Waals surface area contributed by atoms with Crippen molar-refractivity contribution in [3.05, 3.63) is 50.4 Å². The molecule has 1 N–H and O–H groups in total. The highest BCUT2D eigenvalue weighted by Gasteiger charge is 2.85. The summed E-state index contributed by atoms with van der Waals surface area (Å²) in [5, 5.41) is 3.30. The van der Waals surface area contributed by atoms with E-state index in [1.54, 1.807) is 25.1 Å². The van der Waals surface area contributed by atoms with Gasteiger partial charge in [0.05, 0.1) is 28.6 Å². The largest absolute Gasteiger partial charge is 0.496 e. The van der Waals surface area contributed by atoms with Gasteiger partial charge < -0.3 is 14.8 Å². The third-order valence-electron chi connectivity index (χ3n) is 7.11. The van der Waals surface area contributed by atoms with Gasteiger partial charge in [0.25, 0.3) is 5.91 Å². The Morgan fingerprint density at radius 3 is 2.12 bits per heavy atom. The predicted molar refractivity (Wildman–Crippen MR) is 127 cm³/mol. The number of hydrogen-bond donors (Lipinski definition) is 1. The van der Waals surface area contributed by atoms with Crippen molar-refractivity contribution in [3.8, 4) is 17.2 Å². The van der Waals surface area contributed by atoms with Gasteiger partial charge in [-0.1, -0.05) is 39.1 Å². The van der Waals surface area contributed by atoms with E-state index in [1.165, 1.54) is 19.2 Å². The van der Waals surface area contributed by atoms with Gasteiger partial charge >= 0.3 is 0 Å². The van der Waals surface area contributed by atoms with Gasteiger partial charge in [0.15, 0.2) is 5.75 Å². The van der Waals surface area contributed by atoms with Crippen LogP contribution in [0.5, 0.6) is 17.2 Å². The Kier molecular flexibility index (Phi) is 5.44. The van der Waals surface area contributed by atoms with Crippen LogP contribution in [0.3, 0.4) is 0 Å². The molecule has 182 valence electrons. The zero-order chi connectivity index (χ0) is 24.7. The summed E-state index contributed by atoms with van der Waals surface area (Å²) in [6.45, 7) is 1.59. The lowest BCUT2D eigenvalue weighted by Crippen LogP contribution is -2.84. The average Bonchev–Trinajstić information content (AvgIpc) is 2.67. The van der Waals surface area contributed by atoms with Gasteiger partial charge in [-0.05, 0) is 37.3 Å². The fourth-order valence-corrected chi connectivity index (χ4v) is 7.65. The molecule has 2 atom stereocenters. The second-order valence-electron chi connectivity index (χ2n) is 9.92. The van der Waals surface area contributed by atoms with Gasteiger partial charge in [0.2, 0.25) is 0 Å². The summed E-state index contributed by atoms with van der Waals surface area (Å²) in [5.41, 5.74) is -6.77. The van der Waals surface area contributed by atoms with E-state index in [0.717, 1.165) is 0 Å². The van der Waals surface area contributed by atoms with Crippen LogP contribution in [0.25, 0.3) is 0 Å². The number of carbonyl (C=O) groups is 1. The average molecular weight is 579 g/mol. The summed E-state index contributed by atoms with van der Waals surface area (Å²) in [5.74, 6) is -1.13. The van der Waals surface area contributed by atoms with Crippen molar-refractivity contribution >= 4 is 45.0 Å². The van der Waals surface area contributed by atoms with Crippen LogP contribution in [0, 0.1) is 5.92 Å². The Labute approximate surface area is 213 Å². The summed E-state index contributed by atoms with van der Waals surface area (Å²) >= 11 is 15.8. The number of rotatable bonds is 5. The molecule has 3 saturated carbocycles. The van der Waals surface area contributed by atoms with Crippen LogP contribution in [-0.2, 0) is 0 Å². The lowest BCUT2D eigenvalue weighted by molar-refractivity contribution is -0.330. The molecule has 1 amide bonds. The minimum atomic E-state index is -1.97. The van der Waals surface area contributed by atoms with E-state index < -0.39 is 34.4 Å². The van der Waals surface area contributed by atoms with Gasteiger partial charge in [-0.25, -0.2) is 13.2 Å². The molecule has 2 aromatic carbocycles. The first-order valence-corrected chi connectivity index (χ1v) is 12.2. The first-order chi connectivity index (χ1) is 15.8. The van der Waals surface area contributed by atoms with E-state index in [4.69, 9.17) is 32.7 Å². The quantitative estimate of drug-likeness (QED) is 0.402. The number of nitrogens with one attached hydrogen (secondary N) is 1. The molecule has 10 heteroatoms. The zero-order valence-electron chi connectivity index (χ0n) is 18.3. The molecule has 4 nitrogen and oxygen atoms in total. The van der Waals surface area contributed by atoms with Crippen molar-refractivity contribution in [1.82, 2.24) is 5.32 Å². The lowest BCUT2D eigenvalue weighted by atomic mass is 9.37. The van der Waals surface area contributed by atoms with Crippen LogP contribution in [0.2, 0.25) is 10.0 Å². The van der Waals surface area contributed by atoms with Crippen LogP contribution in [0.1, 0.15) is 43.0 Å². The van der Waals surface area contributed by atoms with E-state index >= 15 is 8.78 Å². The Balaban J connectivity index is 1.40. The first kappa shape index (κ1) is 24.1. The number of alkyl halides is 3. The minimum absolute atomic E-state index is 0.107. The SMILES string of the molecule is COc1ccc(Oc2c(Cl)cc(Br)cc2Cl)cc1C(=O)NC1(C)CC2(F)CC3(F)CC(F)(C1)C23. The minimum Gasteiger partial charge on any atom is -0.496 e. The standard InChI is InChI=1S/C24H21BrCl2F3NO3/c1-21(8-22(28)10-24(30)11-23(29,9-21)20(22)24)31-19(32)14-7-13(3-4-17(14)33-2)34-18-15(26)5-12(25)6-16(18)27/h3-7,20H,8-11H2,1-2H3,(H,31,32). The molecular formula is C24H21BrCl2F3NO3. The topological polar surface area (TPSA) is 47.6 Å². The molecule has 5 rings (SSSR count). The third-order valence-corrected chi connectivity index (χ3v) is 8.13. The Morgan fingerprint density at radius 2 is 1.59 bits per heavy atom. The molecule has 3 aliphatic rings. The number of hydrogen-bond acceptors (Lipinski definition) is 3. The molecule has 2 aromatic rings. The van der Waals surface area contributed by atoms with Crippen LogP contribution in [-0.4, -0.2) is 35.6 Å². The molecule has 0 aliphatic heterocycles. The van der Waals surface area contributed by atoms with E-state index in [9.17, 15) is 9.18 Å². The van der Waals surface area contributed by atoms with E-state index in [1.807, 2.05) is 0 Å². The first-order valence-electron chi connectivity index (χ1n) is 10.7. The smallest absolute Gasteiger partial charge is 0.255 e. The summed E-state index contributed by atoms with van der Waals surface area (Å²) < 4.78 is 56.9. The third kappa shape index (κ3) is 3.68. The normalized spacial score (nSPS) is 35.5. The van der Waals surface area contributed by atoms with Gasteiger partial charge in [0.1, 0.15) is 28.5 Å². The van der Waals surface area contributed by atoms with Crippen molar-refractivity contribution in [2.24, 2.45) is 5.92 Å². The van der Waals surface area contributed by atoms with Gasteiger partial charge in [-0.2, -0.15) is 0 Å². The molecule has 0 bridgehead atoms. The maximum Gasteiger partial charge on any atom is 0.255 e. The van der Waals surface area contributed by atoms with Crippen LogP contribution < -0.4 is 14.8 Å². The molecule has 0 saturated heterocycles. The summed E-state index contributed by atoms with van der Waals surface area (Å²) in [6.07, 6.45) is -0.973. The molecular weight excluding hydrogens is 558 g/mol. The van der Waals surface area contributed by atoms with Crippen molar-refractivity contribution in [3.63, 3.8) is 0 Å². The maximum absolute atomic E-state index is 15.3. The molecule has 0 spiro atoms. The molecule has 3 fully saturated rings. The van der Waals surface area contributed by atoms with Gasteiger partial charge in [-0.3, -0.25) is 4.79 Å². The lowest BCUT2D eigenvalue weighted by Gasteiger charge is -2.72. The molecule has 3 aliphatic carbocycles. The second-order valence-corrected chi connectivity index (χ2v) is 11.7. The molecule has 0 aromatic heterocycles. The van der Waals surface area contributed by atoms with Gasteiger partial charge in [0, 0.05) is 35.7 Å². The summed E-state index contributed by atoms with van der Waals surface area (Å²) in [7, 11) is 1.40. The van der Waals surface area contributed by atoms with Crippen molar-refractivity contribution in [2.45, 2.75) is 55.2 Å². The number of benzene rings is 2. The van der Waals surface area contributed by atoms with Crippen LogP contribution in [0.4, 0.5) is 13.2 Å². The second kappa shape index (κ2) is 7.68. The van der Waals surface area contributed by atoms with Crippen molar-refractivity contribution in [1.29, 1.82) is 0 Å². The van der Waals surface area contributed by atoms with E-state index in [0.29, 0.717) is 4.47 Å². The fourth-order valence-electron chi connectivity index (χ4n) is 6.37. The zero-order valence-corrected chi connectivity index (χ0v) is 21.4. The van der Waals surface area contributed by atoms with E-state index in [2.05, 4.69) is 21.2 Å². The highest BCUT2D eigenvalue weighted by atomic mass is 79.9.